The molecular formula is C24H23N3OS. The molecule has 3 aromatic carbocycles. The minimum absolute atomic E-state index is 0.0112. The molecule has 0 aliphatic carbocycles. The van der Waals surface area contributed by atoms with Crippen molar-refractivity contribution in [2.24, 2.45) is 0 Å². The van der Waals surface area contributed by atoms with Crippen LogP contribution in [0, 0.1) is 13.8 Å². The lowest BCUT2D eigenvalue weighted by Gasteiger charge is -2.07. The first-order chi connectivity index (χ1) is 14.1. The summed E-state index contributed by atoms with van der Waals surface area (Å²) in [6.07, 6.45) is 0.451. The molecule has 0 saturated heterocycles. The molecule has 0 aliphatic heterocycles. The molecular weight excluding hydrogens is 378 g/mol. The van der Waals surface area contributed by atoms with E-state index >= 15 is 0 Å². The SMILES string of the molecule is Cc1nn(-c2ccccc2)c(C)c1NC(=O)CCSc1ccc2ccccc2c1. The van der Waals surface area contributed by atoms with Crippen molar-refractivity contribution in [3.8, 4) is 5.69 Å². The Morgan fingerprint density at radius 2 is 1.69 bits per heavy atom. The fourth-order valence-corrected chi connectivity index (χ4v) is 4.26. The van der Waals surface area contributed by atoms with Gasteiger partial charge in [-0.3, -0.25) is 4.79 Å². The second kappa shape index (κ2) is 8.53. The molecule has 1 amide bonds. The third kappa shape index (κ3) is 4.35. The maximum atomic E-state index is 12.5. The summed E-state index contributed by atoms with van der Waals surface area (Å²) >= 11 is 1.70. The Hall–Kier alpha value is -3.05. The topological polar surface area (TPSA) is 46.9 Å². The Morgan fingerprint density at radius 3 is 2.48 bits per heavy atom. The Balaban J connectivity index is 1.38. The van der Waals surface area contributed by atoms with Crippen LogP contribution in [-0.2, 0) is 4.79 Å². The number of thioether (sulfide) groups is 1. The van der Waals surface area contributed by atoms with Crippen LogP contribution >= 0.6 is 11.8 Å². The highest BCUT2D eigenvalue weighted by Crippen LogP contribution is 2.25. The molecule has 0 saturated carbocycles. The van der Waals surface area contributed by atoms with E-state index in [1.54, 1.807) is 11.8 Å². The molecule has 0 atom stereocenters. The van der Waals surface area contributed by atoms with Gasteiger partial charge < -0.3 is 5.32 Å². The predicted molar refractivity (Wildman–Crippen MR) is 121 cm³/mol. The number of hydrogen-bond donors (Lipinski definition) is 1. The van der Waals surface area contributed by atoms with Gasteiger partial charge in [-0.15, -0.1) is 11.8 Å². The average Bonchev–Trinajstić information content (AvgIpc) is 3.02. The largest absolute Gasteiger partial charge is 0.323 e. The standard InChI is InChI=1S/C24H23N3OS/c1-17-24(18(2)27(26-17)21-10-4-3-5-11-21)25-23(28)14-15-29-22-13-12-19-8-6-7-9-20(19)16-22/h3-13,16H,14-15H2,1-2H3,(H,25,28). The number of amides is 1. The van der Waals surface area contributed by atoms with Crippen LogP contribution in [0.25, 0.3) is 16.5 Å². The van der Waals surface area contributed by atoms with Gasteiger partial charge in [-0.1, -0.05) is 48.5 Å². The number of fused-ring (bicyclic) bond motifs is 1. The molecule has 1 aromatic heterocycles. The molecule has 0 radical (unpaired) electrons. The number of para-hydroxylation sites is 1. The number of nitrogens with zero attached hydrogens (tertiary/aromatic N) is 2. The monoisotopic (exact) mass is 401 g/mol. The molecule has 0 spiro atoms. The van der Waals surface area contributed by atoms with Crippen molar-refractivity contribution in [3.63, 3.8) is 0 Å². The van der Waals surface area contributed by atoms with Crippen LogP contribution in [0.15, 0.2) is 77.7 Å². The van der Waals surface area contributed by atoms with Crippen molar-refractivity contribution in [1.29, 1.82) is 0 Å². The Labute approximate surface area is 174 Å². The highest BCUT2D eigenvalue weighted by Gasteiger charge is 2.15. The van der Waals surface area contributed by atoms with Gasteiger partial charge in [-0.25, -0.2) is 4.68 Å². The highest BCUT2D eigenvalue weighted by molar-refractivity contribution is 7.99. The van der Waals surface area contributed by atoms with Gasteiger partial charge in [0, 0.05) is 17.1 Å². The highest BCUT2D eigenvalue weighted by atomic mass is 32.2. The molecule has 1 N–H and O–H groups in total. The fraction of sp³-hybridized carbons (Fsp3) is 0.167. The summed E-state index contributed by atoms with van der Waals surface area (Å²) in [7, 11) is 0. The van der Waals surface area contributed by atoms with Crippen molar-refractivity contribution >= 4 is 34.1 Å². The number of anilines is 1. The zero-order chi connectivity index (χ0) is 20.2. The molecule has 4 rings (SSSR count). The number of carbonyl (C=O) groups is 1. The smallest absolute Gasteiger partial charge is 0.225 e. The van der Waals surface area contributed by atoms with Crippen molar-refractivity contribution in [3.05, 3.63) is 84.2 Å². The van der Waals surface area contributed by atoms with Gasteiger partial charge in [0.15, 0.2) is 0 Å². The minimum atomic E-state index is 0.0112. The lowest BCUT2D eigenvalue weighted by Crippen LogP contribution is -2.13. The summed E-state index contributed by atoms with van der Waals surface area (Å²) in [5.74, 6) is 0.742. The first kappa shape index (κ1) is 19.3. The number of carbonyl (C=O) groups excluding carboxylic acids is 1. The lowest BCUT2D eigenvalue weighted by molar-refractivity contribution is -0.115. The van der Waals surface area contributed by atoms with E-state index in [4.69, 9.17) is 0 Å². The van der Waals surface area contributed by atoms with Crippen molar-refractivity contribution in [2.75, 3.05) is 11.1 Å². The summed E-state index contributed by atoms with van der Waals surface area (Å²) in [6, 6.07) is 24.7. The van der Waals surface area contributed by atoms with E-state index in [0.717, 1.165) is 28.5 Å². The van der Waals surface area contributed by atoms with Crippen molar-refractivity contribution in [1.82, 2.24) is 9.78 Å². The van der Waals surface area contributed by atoms with Crippen molar-refractivity contribution in [2.45, 2.75) is 25.2 Å². The summed E-state index contributed by atoms with van der Waals surface area (Å²) in [5, 5.41) is 10.1. The van der Waals surface area contributed by atoms with Gasteiger partial charge in [-0.2, -0.15) is 5.10 Å². The third-order valence-corrected chi connectivity index (χ3v) is 5.87. The molecule has 29 heavy (non-hydrogen) atoms. The summed E-state index contributed by atoms with van der Waals surface area (Å²) < 4.78 is 1.87. The minimum Gasteiger partial charge on any atom is -0.323 e. The molecule has 0 aliphatic rings. The number of aryl methyl sites for hydroxylation is 1. The van der Waals surface area contributed by atoms with E-state index in [0.29, 0.717) is 6.42 Å². The quantitative estimate of drug-likeness (QED) is 0.418. The van der Waals surface area contributed by atoms with Gasteiger partial charge in [-0.05, 0) is 48.9 Å². The normalized spacial score (nSPS) is 11.0. The average molecular weight is 402 g/mol. The number of rotatable bonds is 6. The molecule has 4 aromatic rings. The molecule has 5 heteroatoms. The predicted octanol–water partition coefficient (Wildman–Crippen LogP) is 5.76. The lowest BCUT2D eigenvalue weighted by atomic mass is 10.1. The number of benzene rings is 3. The molecule has 0 unspecified atom stereocenters. The van der Waals surface area contributed by atoms with Crippen LogP contribution in [0.3, 0.4) is 0 Å². The molecule has 0 bridgehead atoms. The second-order valence-corrected chi connectivity index (χ2v) is 8.12. The van der Waals surface area contributed by atoms with E-state index in [-0.39, 0.29) is 5.91 Å². The molecule has 146 valence electrons. The van der Waals surface area contributed by atoms with Crippen LogP contribution in [0.4, 0.5) is 5.69 Å². The van der Waals surface area contributed by atoms with E-state index in [2.05, 4.69) is 40.7 Å². The van der Waals surface area contributed by atoms with Gasteiger partial charge in [0.25, 0.3) is 0 Å². The van der Waals surface area contributed by atoms with Gasteiger partial charge >= 0.3 is 0 Å². The Kier molecular flexibility index (Phi) is 5.67. The maximum absolute atomic E-state index is 12.5. The maximum Gasteiger partial charge on any atom is 0.225 e. The first-order valence-corrected chi connectivity index (χ1v) is 10.6. The van der Waals surface area contributed by atoms with E-state index < -0.39 is 0 Å². The van der Waals surface area contributed by atoms with Crippen LogP contribution in [0.1, 0.15) is 17.8 Å². The zero-order valence-corrected chi connectivity index (χ0v) is 17.4. The first-order valence-electron chi connectivity index (χ1n) is 9.65. The second-order valence-electron chi connectivity index (χ2n) is 6.95. The van der Waals surface area contributed by atoms with Crippen molar-refractivity contribution < 1.29 is 4.79 Å². The Bertz CT molecular complexity index is 1150. The van der Waals surface area contributed by atoms with E-state index in [9.17, 15) is 4.79 Å². The fourth-order valence-electron chi connectivity index (χ4n) is 3.36. The van der Waals surface area contributed by atoms with Gasteiger partial charge in [0.1, 0.15) is 0 Å². The van der Waals surface area contributed by atoms with E-state index in [1.807, 2.05) is 61.0 Å². The summed E-state index contributed by atoms with van der Waals surface area (Å²) in [6.45, 7) is 3.90. The van der Waals surface area contributed by atoms with Gasteiger partial charge in [0.2, 0.25) is 5.91 Å². The number of aromatic nitrogens is 2. The molecule has 1 heterocycles. The number of hydrogen-bond acceptors (Lipinski definition) is 3. The van der Waals surface area contributed by atoms with Gasteiger partial charge in [0.05, 0.1) is 22.8 Å². The molecule has 4 nitrogen and oxygen atoms in total. The zero-order valence-electron chi connectivity index (χ0n) is 16.6. The molecule has 0 fully saturated rings. The third-order valence-electron chi connectivity index (χ3n) is 4.88. The number of nitrogens with one attached hydrogen (secondary N) is 1. The summed E-state index contributed by atoms with van der Waals surface area (Å²) in [5.41, 5.74) is 3.54. The summed E-state index contributed by atoms with van der Waals surface area (Å²) in [4.78, 5) is 13.7. The Morgan fingerprint density at radius 1 is 0.966 bits per heavy atom. The van der Waals surface area contributed by atoms with Crippen LogP contribution < -0.4 is 5.32 Å². The van der Waals surface area contributed by atoms with Crippen LogP contribution in [0.2, 0.25) is 0 Å². The van der Waals surface area contributed by atoms with E-state index in [1.165, 1.54) is 15.7 Å². The van der Waals surface area contributed by atoms with Crippen LogP contribution in [0.5, 0.6) is 0 Å². The van der Waals surface area contributed by atoms with Crippen LogP contribution in [-0.4, -0.2) is 21.4 Å².